The molecule has 2 atom stereocenters. The van der Waals surface area contributed by atoms with E-state index in [9.17, 15) is 9.59 Å². The number of aromatic nitrogens is 1. The molecule has 3 heterocycles. The van der Waals surface area contributed by atoms with Crippen LogP contribution in [0.4, 0.5) is 4.79 Å². The van der Waals surface area contributed by atoms with Crippen molar-refractivity contribution in [1.29, 1.82) is 0 Å². The highest BCUT2D eigenvalue weighted by atomic mass is 16.6. The second kappa shape index (κ2) is 6.35. The first-order chi connectivity index (χ1) is 11.6. The average Bonchev–Trinajstić information content (AvgIpc) is 3.06. The largest absolute Gasteiger partial charge is 0.445 e. The third-order valence-electron chi connectivity index (χ3n) is 4.85. The number of aryl methyl sites for hydroxylation is 2. The molecule has 2 saturated heterocycles. The van der Waals surface area contributed by atoms with E-state index in [0.717, 1.165) is 13.0 Å². The van der Waals surface area contributed by atoms with E-state index in [4.69, 9.17) is 9.15 Å². The van der Waals surface area contributed by atoms with Gasteiger partial charge < -0.3 is 19.0 Å². The minimum atomic E-state index is -0.492. The summed E-state index contributed by atoms with van der Waals surface area (Å²) in [6.45, 7) is 11.8. The van der Waals surface area contributed by atoms with Crippen molar-refractivity contribution in [3.8, 4) is 0 Å². The molecule has 0 saturated carbocycles. The molecule has 7 heteroatoms. The Kier molecular flexibility index (Phi) is 4.51. The number of fused-ring (bicyclic) bond motifs is 1. The van der Waals surface area contributed by atoms with E-state index < -0.39 is 5.60 Å². The van der Waals surface area contributed by atoms with Gasteiger partial charge in [-0.3, -0.25) is 4.79 Å². The molecule has 138 valence electrons. The molecular formula is C18H27N3O4. The van der Waals surface area contributed by atoms with Crippen LogP contribution in [0.15, 0.2) is 4.42 Å². The smallest absolute Gasteiger partial charge is 0.410 e. The lowest BCUT2D eigenvalue weighted by Crippen LogP contribution is -2.45. The Bertz CT molecular complexity index is 676. The topological polar surface area (TPSA) is 75.9 Å². The normalized spacial score (nSPS) is 23.6. The van der Waals surface area contributed by atoms with Crippen LogP contribution in [-0.4, -0.2) is 58.6 Å². The highest BCUT2D eigenvalue weighted by molar-refractivity contribution is 5.93. The van der Waals surface area contributed by atoms with Gasteiger partial charge in [-0.15, -0.1) is 0 Å². The van der Waals surface area contributed by atoms with E-state index in [1.165, 1.54) is 0 Å². The molecule has 2 aliphatic heterocycles. The summed E-state index contributed by atoms with van der Waals surface area (Å²) in [4.78, 5) is 32.8. The highest BCUT2D eigenvalue weighted by Crippen LogP contribution is 2.32. The minimum Gasteiger partial charge on any atom is -0.445 e. The van der Waals surface area contributed by atoms with Crippen LogP contribution in [0.25, 0.3) is 0 Å². The standard InChI is InChI=1S/C18H27N3O4/c1-11-15(19-12(2)24-11)16(22)21-8-13-6-7-20(9-14(13)10-21)17(23)25-18(3,4)5/h13-14H,6-10H2,1-5H3/t13-,14+/m1/s1. The van der Waals surface area contributed by atoms with E-state index in [-0.39, 0.29) is 12.0 Å². The maximum Gasteiger partial charge on any atom is 0.410 e. The first-order valence-electron chi connectivity index (χ1n) is 8.85. The molecule has 1 aromatic rings. The maximum absolute atomic E-state index is 12.7. The van der Waals surface area contributed by atoms with E-state index >= 15 is 0 Å². The van der Waals surface area contributed by atoms with Crippen LogP contribution in [0.5, 0.6) is 0 Å². The number of oxazole rings is 1. The predicted octanol–water partition coefficient (Wildman–Crippen LogP) is 2.62. The van der Waals surface area contributed by atoms with Gasteiger partial charge in [-0.2, -0.15) is 0 Å². The van der Waals surface area contributed by atoms with Crippen molar-refractivity contribution < 1.29 is 18.7 Å². The van der Waals surface area contributed by atoms with E-state index in [0.29, 0.717) is 48.8 Å². The summed E-state index contributed by atoms with van der Waals surface area (Å²) in [6, 6.07) is 0. The van der Waals surface area contributed by atoms with Crippen molar-refractivity contribution in [2.24, 2.45) is 11.8 Å². The zero-order valence-corrected chi connectivity index (χ0v) is 15.7. The third-order valence-corrected chi connectivity index (χ3v) is 4.85. The number of amides is 2. The Morgan fingerprint density at radius 3 is 2.36 bits per heavy atom. The van der Waals surface area contributed by atoms with E-state index in [1.54, 1.807) is 18.7 Å². The van der Waals surface area contributed by atoms with E-state index in [1.807, 2.05) is 25.7 Å². The summed E-state index contributed by atoms with van der Waals surface area (Å²) >= 11 is 0. The van der Waals surface area contributed by atoms with Crippen molar-refractivity contribution >= 4 is 12.0 Å². The van der Waals surface area contributed by atoms with Gasteiger partial charge in [0.15, 0.2) is 11.6 Å². The van der Waals surface area contributed by atoms with Crippen LogP contribution in [-0.2, 0) is 4.74 Å². The minimum absolute atomic E-state index is 0.0763. The summed E-state index contributed by atoms with van der Waals surface area (Å²) in [6.07, 6.45) is 0.628. The van der Waals surface area contributed by atoms with Crippen molar-refractivity contribution in [3.63, 3.8) is 0 Å². The molecule has 2 amide bonds. The van der Waals surface area contributed by atoms with Crippen molar-refractivity contribution in [1.82, 2.24) is 14.8 Å². The third kappa shape index (κ3) is 3.80. The number of ether oxygens (including phenoxy) is 1. The molecule has 1 aromatic heterocycles. The number of rotatable bonds is 1. The molecule has 3 rings (SSSR count). The summed E-state index contributed by atoms with van der Waals surface area (Å²) in [5.41, 5.74) is -0.0892. The fraction of sp³-hybridized carbons (Fsp3) is 0.722. The molecule has 0 aromatic carbocycles. The molecule has 7 nitrogen and oxygen atoms in total. The number of nitrogens with zero attached hydrogens (tertiary/aromatic N) is 3. The summed E-state index contributed by atoms with van der Waals surface area (Å²) in [5.74, 6) is 1.71. The lowest BCUT2D eigenvalue weighted by Gasteiger charge is -2.35. The van der Waals surface area contributed by atoms with Crippen LogP contribution in [0, 0.1) is 25.7 Å². The first-order valence-corrected chi connectivity index (χ1v) is 8.85. The van der Waals surface area contributed by atoms with Crippen LogP contribution in [0.1, 0.15) is 49.3 Å². The molecule has 0 unspecified atom stereocenters. The Labute approximate surface area is 148 Å². The lowest BCUT2D eigenvalue weighted by atomic mass is 9.89. The van der Waals surface area contributed by atoms with Crippen LogP contribution in [0.2, 0.25) is 0 Å². The maximum atomic E-state index is 12.7. The molecule has 0 aliphatic carbocycles. The van der Waals surface area contributed by atoms with Gasteiger partial charge >= 0.3 is 6.09 Å². The number of likely N-dealkylation sites (tertiary alicyclic amines) is 2. The lowest BCUT2D eigenvalue weighted by molar-refractivity contribution is 0.0139. The molecule has 0 spiro atoms. The Balaban J connectivity index is 1.63. The molecular weight excluding hydrogens is 322 g/mol. The molecule has 0 radical (unpaired) electrons. The van der Waals surface area contributed by atoms with Crippen LogP contribution in [0.3, 0.4) is 0 Å². The van der Waals surface area contributed by atoms with Gasteiger partial charge in [0.2, 0.25) is 0 Å². The highest BCUT2D eigenvalue weighted by Gasteiger charge is 2.41. The number of carbonyl (C=O) groups excluding carboxylic acids is 2. The van der Waals surface area contributed by atoms with Crippen LogP contribution < -0.4 is 0 Å². The predicted molar refractivity (Wildman–Crippen MR) is 91.3 cm³/mol. The summed E-state index contributed by atoms with van der Waals surface area (Å²) in [7, 11) is 0. The van der Waals surface area contributed by atoms with Gasteiger partial charge in [-0.05, 0) is 46.0 Å². The Morgan fingerprint density at radius 2 is 1.76 bits per heavy atom. The number of piperidine rings is 1. The second-order valence-electron chi connectivity index (χ2n) is 8.08. The number of carbonyl (C=O) groups is 2. The van der Waals surface area contributed by atoms with Gasteiger partial charge in [-0.1, -0.05) is 0 Å². The van der Waals surface area contributed by atoms with Crippen molar-refractivity contribution in [2.45, 2.75) is 46.6 Å². The monoisotopic (exact) mass is 349 g/mol. The van der Waals surface area contributed by atoms with Gasteiger partial charge in [0, 0.05) is 33.1 Å². The Hall–Kier alpha value is -2.05. The summed E-state index contributed by atoms with van der Waals surface area (Å²) < 4.78 is 10.9. The van der Waals surface area contributed by atoms with Gasteiger partial charge in [0.05, 0.1) is 0 Å². The fourth-order valence-corrected chi connectivity index (χ4v) is 3.70. The molecule has 25 heavy (non-hydrogen) atoms. The molecule has 0 bridgehead atoms. The molecule has 0 N–H and O–H groups in total. The zero-order valence-electron chi connectivity index (χ0n) is 15.7. The van der Waals surface area contributed by atoms with E-state index in [2.05, 4.69) is 4.98 Å². The average molecular weight is 349 g/mol. The SMILES string of the molecule is Cc1nc(C(=O)N2C[C@H]3CCN(C(=O)OC(C)(C)C)C[C@H]3C2)c(C)o1. The zero-order chi connectivity index (χ0) is 18.4. The second-order valence-corrected chi connectivity index (χ2v) is 8.08. The Morgan fingerprint density at radius 1 is 1.12 bits per heavy atom. The molecule has 2 fully saturated rings. The first kappa shape index (κ1) is 17.8. The quantitative estimate of drug-likeness (QED) is 0.779. The summed E-state index contributed by atoms with van der Waals surface area (Å²) in [5, 5.41) is 0. The number of hydrogen-bond acceptors (Lipinski definition) is 5. The van der Waals surface area contributed by atoms with Gasteiger partial charge in [0.25, 0.3) is 5.91 Å². The van der Waals surface area contributed by atoms with Gasteiger partial charge in [-0.25, -0.2) is 9.78 Å². The van der Waals surface area contributed by atoms with Gasteiger partial charge in [0.1, 0.15) is 11.4 Å². The van der Waals surface area contributed by atoms with Crippen molar-refractivity contribution in [3.05, 3.63) is 17.3 Å². The van der Waals surface area contributed by atoms with Crippen molar-refractivity contribution in [2.75, 3.05) is 26.2 Å². The molecule has 2 aliphatic rings. The number of hydrogen-bond donors (Lipinski definition) is 0. The fourth-order valence-electron chi connectivity index (χ4n) is 3.70. The van der Waals surface area contributed by atoms with Crippen LogP contribution >= 0.6 is 0 Å².